The minimum atomic E-state index is 0.430. The van der Waals surface area contributed by atoms with E-state index in [-0.39, 0.29) is 0 Å². The molecule has 1 N–H and O–H groups in total. The van der Waals surface area contributed by atoms with E-state index in [1.54, 1.807) is 26.4 Å². The molecule has 2 aromatic carbocycles. The van der Waals surface area contributed by atoms with Crippen molar-refractivity contribution in [3.8, 4) is 17.6 Å². The normalized spacial score (nSPS) is 11.3. The predicted molar refractivity (Wildman–Crippen MR) is 96.8 cm³/mol. The number of ether oxygens (including phenoxy) is 2. The first kappa shape index (κ1) is 16.1. The van der Waals surface area contributed by atoms with Crippen molar-refractivity contribution >= 4 is 38.6 Å². The maximum absolute atomic E-state index is 9.53. The van der Waals surface area contributed by atoms with Gasteiger partial charge in [0.15, 0.2) is 11.5 Å². The quantitative estimate of drug-likeness (QED) is 0.677. The summed E-state index contributed by atoms with van der Waals surface area (Å²) in [5.41, 5.74) is 2.93. The highest BCUT2D eigenvalue weighted by Gasteiger charge is 2.14. The van der Waals surface area contributed by atoms with Crippen LogP contribution in [0, 0.1) is 11.3 Å². The highest BCUT2D eigenvalue weighted by molar-refractivity contribution is 9.10. The minimum Gasteiger partial charge on any atom is -0.493 e. The minimum absolute atomic E-state index is 0.430. The Balaban J connectivity index is 2.10. The molecule has 0 aliphatic carbocycles. The number of nitrogens with zero attached hydrogens (tertiary/aromatic N) is 2. The molecule has 0 bridgehead atoms. The summed E-state index contributed by atoms with van der Waals surface area (Å²) in [6.45, 7) is 0. The number of aromatic nitrogens is 2. The fraction of sp³-hybridized carbons (Fsp3) is 0.111. The number of allylic oxidation sites excluding steroid dienone is 1. The lowest BCUT2D eigenvalue weighted by molar-refractivity contribution is 0.353. The van der Waals surface area contributed by atoms with Crippen LogP contribution in [0.5, 0.6) is 11.5 Å². The average molecular weight is 384 g/mol. The Bertz CT molecular complexity index is 937. The van der Waals surface area contributed by atoms with Crippen LogP contribution in [0.25, 0.3) is 22.7 Å². The smallest absolute Gasteiger partial charge is 0.175 e. The Morgan fingerprint density at radius 3 is 2.67 bits per heavy atom. The van der Waals surface area contributed by atoms with Gasteiger partial charge >= 0.3 is 0 Å². The summed E-state index contributed by atoms with van der Waals surface area (Å²) in [6.07, 6.45) is 1.75. The zero-order valence-electron chi connectivity index (χ0n) is 13.1. The molecule has 0 saturated carbocycles. The second-order valence-corrected chi connectivity index (χ2v) is 5.77. The molecule has 6 heteroatoms. The number of methoxy groups -OCH3 is 2. The van der Waals surface area contributed by atoms with Crippen molar-refractivity contribution in [1.82, 2.24) is 9.97 Å². The molecule has 0 amide bonds. The van der Waals surface area contributed by atoms with Crippen molar-refractivity contribution in [1.29, 1.82) is 5.26 Å². The van der Waals surface area contributed by atoms with Gasteiger partial charge in [0.25, 0.3) is 0 Å². The van der Waals surface area contributed by atoms with E-state index in [4.69, 9.17) is 9.47 Å². The van der Waals surface area contributed by atoms with Gasteiger partial charge in [-0.3, -0.25) is 0 Å². The number of rotatable bonds is 4. The number of nitriles is 1. The number of nitrogens with one attached hydrogen (secondary N) is 1. The predicted octanol–water partition coefficient (Wildman–Crippen LogP) is 4.41. The van der Waals surface area contributed by atoms with E-state index in [9.17, 15) is 5.26 Å². The van der Waals surface area contributed by atoms with E-state index < -0.39 is 0 Å². The van der Waals surface area contributed by atoms with Gasteiger partial charge in [-0.15, -0.1) is 0 Å². The zero-order chi connectivity index (χ0) is 17.1. The van der Waals surface area contributed by atoms with Crippen molar-refractivity contribution in [3.05, 3.63) is 52.3 Å². The highest BCUT2D eigenvalue weighted by atomic mass is 79.9. The van der Waals surface area contributed by atoms with Crippen LogP contribution in [0.15, 0.2) is 40.9 Å². The SMILES string of the molecule is COc1ccc(/C=C(/C#N)c2nc3ccccc3[nH]2)c(Br)c1OC. The summed E-state index contributed by atoms with van der Waals surface area (Å²) in [6, 6.07) is 13.5. The first-order valence-corrected chi connectivity index (χ1v) is 7.94. The Hall–Kier alpha value is -2.78. The molecule has 3 aromatic rings. The standard InChI is InChI=1S/C18H14BrN3O2/c1-23-15-8-7-11(16(19)17(15)24-2)9-12(10-20)18-21-13-5-3-4-6-14(13)22-18/h3-9H,1-2H3,(H,21,22)/b12-9-. The van der Waals surface area contributed by atoms with Crippen LogP contribution in [0.3, 0.4) is 0 Å². The number of H-pyrrole nitrogens is 1. The molecule has 0 spiro atoms. The zero-order valence-corrected chi connectivity index (χ0v) is 14.7. The Kier molecular flexibility index (Phi) is 4.54. The van der Waals surface area contributed by atoms with Crippen LogP contribution < -0.4 is 9.47 Å². The molecule has 0 unspecified atom stereocenters. The van der Waals surface area contributed by atoms with Crippen molar-refractivity contribution in [2.24, 2.45) is 0 Å². The third-order valence-electron chi connectivity index (χ3n) is 3.58. The van der Waals surface area contributed by atoms with Gasteiger partial charge in [-0.25, -0.2) is 4.98 Å². The Morgan fingerprint density at radius 1 is 1.21 bits per heavy atom. The fourth-order valence-corrected chi connectivity index (χ4v) is 3.01. The van der Waals surface area contributed by atoms with Crippen LogP contribution in [0.1, 0.15) is 11.4 Å². The lowest BCUT2D eigenvalue weighted by Gasteiger charge is -2.11. The third kappa shape index (κ3) is 2.86. The van der Waals surface area contributed by atoms with E-state index in [2.05, 4.69) is 32.0 Å². The summed E-state index contributed by atoms with van der Waals surface area (Å²) in [5, 5.41) is 9.53. The summed E-state index contributed by atoms with van der Waals surface area (Å²) >= 11 is 3.51. The number of hydrogen-bond donors (Lipinski definition) is 1. The number of hydrogen-bond acceptors (Lipinski definition) is 4. The number of fused-ring (bicyclic) bond motifs is 1. The Morgan fingerprint density at radius 2 is 2.00 bits per heavy atom. The molecule has 0 radical (unpaired) electrons. The maximum Gasteiger partial charge on any atom is 0.175 e. The first-order valence-electron chi connectivity index (χ1n) is 7.15. The second-order valence-electron chi connectivity index (χ2n) is 4.98. The van der Waals surface area contributed by atoms with Gasteiger partial charge in [0.2, 0.25) is 0 Å². The van der Waals surface area contributed by atoms with E-state index in [0.29, 0.717) is 27.4 Å². The average Bonchev–Trinajstić information content (AvgIpc) is 3.04. The molecule has 0 aliphatic rings. The largest absolute Gasteiger partial charge is 0.493 e. The monoisotopic (exact) mass is 383 g/mol. The number of para-hydroxylation sites is 2. The summed E-state index contributed by atoms with van der Waals surface area (Å²) in [5.74, 6) is 1.72. The first-order chi connectivity index (χ1) is 11.7. The summed E-state index contributed by atoms with van der Waals surface area (Å²) in [7, 11) is 3.15. The third-order valence-corrected chi connectivity index (χ3v) is 4.40. The van der Waals surface area contributed by atoms with E-state index in [0.717, 1.165) is 16.6 Å². The van der Waals surface area contributed by atoms with Gasteiger partial charge in [0.05, 0.1) is 35.3 Å². The van der Waals surface area contributed by atoms with Gasteiger partial charge in [-0.05, 0) is 51.8 Å². The summed E-state index contributed by atoms with van der Waals surface area (Å²) < 4.78 is 11.4. The van der Waals surface area contributed by atoms with E-state index in [1.165, 1.54) is 0 Å². The fourth-order valence-electron chi connectivity index (χ4n) is 2.41. The lowest BCUT2D eigenvalue weighted by atomic mass is 10.1. The Labute approximate surface area is 147 Å². The topological polar surface area (TPSA) is 70.9 Å². The van der Waals surface area contributed by atoms with Crippen LogP contribution in [-0.2, 0) is 0 Å². The van der Waals surface area contributed by atoms with Gasteiger partial charge in [-0.2, -0.15) is 5.26 Å². The molecular formula is C18H14BrN3O2. The maximum atomic E-state index is 9.53. The molecule has 1 aromatic heterocycles. The van der Waals surface area contributed by atoms with Crippen molar-refractivity contribution < 1.29 is 9.47 Å². The molecule has 5 nitrogen and oxygen atoms in total. The molecule has 0 saturated heterocycles. The number of halogens is 1. The lowest BCUT2D eigenvalue weighted by Crippen LogP contribution is -1.93. The molecule has 1 heterocycles. The van der Waals surface area contributed by atoms with Gasteiger partial charge in [0, 0.05) is 0 Å². The van der Waals surface area contributed by atoms with Crippen LogP contribution in [-0.4, -0.2) is 24.2 Å². The highest BCUT2D eigenvalue weighted by Crippen LogP contribution is 2.38. The van der Waals surface area contributed by atoms with Crippen LogP contribution >= 0.6 is 15.9 Å². The molecular weight excluding hydrogens is 370 g/mol. The number of imidazole rings is 1. The second kappa shape index (κ2) is 6.77. The molecule has 0 aliphatic heterocycles. The van der Waals surface area contributed by atoms with Crippen molar-refractivity contribution in [2.75, 3.05) is 14.2 Å². The van der Waals surface area contributed by atoms with Gasteiger partial charge in [-0.1, -0.05) is 12.1 Å². The van der Waals surface area contributed by atoms with Crippen molar-refractivity contribution in [3.63, 3.8) is 0 Å². The molecule has 24 heavy (non-hydrogen) atoms. The number of benzene rings is 2. The molecule has 120 valence electrons. The molecule has 3 rings (SSSR count). The van der Waals surface area contributed by atoms with Crippen molar-refractivity contribution in [2.45, 2.75) is 0 Å². The molecule has 0 fully saturated rings. The van der Waals surface area contributed by atoms with Crippen LogP contribution in [0.4, 0.5) is 0 Å². The van der Waals surface area contributed by atoms with E-state index in [1.807, 2.05) is 30.3 Å². The molecule has 0 atom stereocenters. The van der Waals surface area contributed by atoms with Gasteiger partial charge in [0.1, 0.15) is 11.9 Å². The number of aromatic amines is 1. The van der Waals surface area contributed by atoms with E-state index >= 15 is 0 Å². The van der Waals surface area contributed by atoms with Crippen LogP contribution in [0.2, 0.25) is 0 Å². The summed E-state index contributed by atoms with van der Waals surface area (Å²) in [4.78, 5) is 7.63. The van der Waals surface area contributed by atoms with Gasteiger partial charge < -0.3 is 14.5 Å².